The molecule has 7 heteroatoms. The van der Waals surface area contributed by atoms with Gasteiger partial charge in [0.2, 0.25) is 5.75 Å². The van der Waals surface area contributed by atoms with E-state index in [0.717, 1.165) is 0 Å². The number of nitrogens with zero attached hydrogens (tertiary/aromatic N) is 2. The second kappa shape index (κ2) is 5.20. The Balaban J connectivity index is 2.40. The Kier molecular flexibility index (Phi) is 3.64. The minimum atomic E-state index is -0.602. The van der Waals surface area contributed by atoms with Crippen LogP contribution in [0.25, 0.3) is 0 Å². The molecule has 18 heavy (non-hydrogen) atoms. The van der Waals surface area contributed by atoms with E-state index in [1.165, 1.54) is 30.6 Å². The van der Waals surface area contributed by atoms with Gasteiger partial charge in [0.15, 0.2) is 0 Å². The molecule has 0 aliphatic carbocycles. The lowest BCUT2D eigenvalue weighted by molar-refractivity contribution is -0.385. The molecule has 0 amide bonds. The predicted molar refractivity (Wildman–Crippen MR) is 67.4 cm³/mol. The number of benzene rings is 1. The molecular weight excluding hydrogens is 279 g/mol. The molecule has 0 saturated carbocycles. The van der Waals surface area contributed by atoms with Crippen molar-refractivity contribution in [2.24, 2.45) is 0 Å². The van der Waals surface area contributed by atoms with Crippen molar-refractivity contribution in [1.29, 1.82) is 0 Å². The Labute approximate surface area is 112 Å². The van der Waals surface area contributed by atoms with Gasteiger partial charge in [0.25, 0.3) is 0 Å². The van der Waals surface area contributed by atoms with Crippen LogP contribution in [0, 0.1) is 10.1 Å². The third kappa shape index (κ3) is 2.69. The lowest BCUT2D eigenvalue weighted by Crippen LogP contribution is -1.94. The van der Waals surface area contributed by atoms with Crippen molar-refractivity contribution in [3.8, 4) is 11.5 Å². The van der Waals surface area contributed by atoms with Crippen LogP contribution in [0.4, 0.5) is 5.69 Å². The summed E-state index contributed by atoms with van der Waals surface area (Å²) in [6.45, 7) is 0. The molecule has 0 N–H and O–H groups in total. The van der Waals surface area contributed by atoms with Crippen molar-refractivity contribution in [2.45, 2.75) is 0 Å². The van der Waals surface area contributed by atoms with Gasteiger partial charge in [0.05, 0.1) is 16.1 Å². The summed E-state index contributed by atoms with van der Waals surface area (Å²) in [6.07, 6.45) is 2.83. The summed E-state index contributed by atoms with van der Waals surface area (Å²) in [4.78, 5) is 14.1. The molecule has 0 saturated heterocycles. The monoisotopic (exact) mass is 284 g/mol. The van der Waals surface area contributed by atoms with Crippen molar-refractivity contribution >= 4 is 28.9 Å². The Bertz CT molecular complexity index is 605. The number of nitro groups is 1. The highest BCUT2D eigenvalue weighted by atomic mass is 35.5. The molecule has 0 aliphatic heterocycles. The number of pyridine rings is 1. The molecule has 92 valence electrons. The summed E-state index contributed by atoms with van der Waals surface area (Å²) in [5.41, 5.74) is -0.292. The summed E-state index contributed by atoms with van der Waals surface area (Å²) >= 11 is 11.5. The molecule has 0 atom stereocenters. The zero-order valence-corrected chi connectivity index (χ0v) is 10.4. The molecule has 0 spiro atoms. The van der Waals surface area contributed by atoms with E-state index < -0.39 is 4.92 Å². The Morgan fingerprint density at radius 2 is 2.06 bits per heavy atom. The third-order valence-electron chi connectivity index (χ3n) is 2.04. The molecule has 0 unspecified atom stereocenters. The van der Waals surface area contributed by atoms with Gasteiger partial charge < -0.3 is 4.74 Å². The number of hydrogen-bond acceptors (Lipinski definition) is 4. The summed E-state index contributed by atoms with van der Waals surface area (Å²) in [7, 11) is 0. The molecule has 1 heterocycles. The minimum absolute atomic E-state index is 0.00693. The number of halogens is 2. The van der Waals surface area contributed by atoms with Gasteiger partial charge in [-0.05, 0) is 12.1 Å². The highest BCUT2D eigenvalue weighted by molar-refractivity contribution is 6.33. The molecule has 5 nitrogen and oxygen atoms in total. The van der Waals surface area contributed by atoms with Crippen LogP contribution in [0.2, 0.25) is 10.0 Å². The normalized spacial score (nSPS) is 10.1. The van der Waals surface area contributed by atoms with E-state index in [2.05, 4.69) is 4.98 Å². The summed E-state index contributed by atoms with van der Waals surface area (Å²) in [6, 6.07) is 5.93. The Hall–Kier alpha value is -1.85. The maximum Gasteiger partial charge on any atom is 0.329 e. The van der Waals surface area contributed by atoms with E-state index in [4.69, 9.17) is 27.9 Å². The lowest BCUT2D eigenvalue weighted by atomic mass is 10.3. The zero-order chi connectivity index (χ0) is 13.1. The molecule has 0 radical (unpaired) electrons. The maximum atomic E-state index is 10.9. The summed E-state index contributed by atoms with van der Waals surface area (Å²) in [5, 5.41) is 11.3. The molecular formula is C11H6Cl2N2O3. The fourth-order valence-corrected chi connectivity index (χ4v) is 1.73. The highest BCUT2D eigenvalue weighted by Crippen LogP contribution is 2.37. The predicted octanol–water partition coefficient (Wildman–Crippen LogP) is 4.09. The average molecular weight is 285 g/mol. The molecule has 2 aromatic rings. The lowest BCUT2D eigenvalue weighted by Gasteiger charge is -2.06. The van der Waals surface area contributed by atoms with Crippen molar-refractivity contribution in [3.05, 3.63) is 56.8 Å². The number of para-hydroxylation sites is 1. The molecule has 1 aromatic carbocycles. The SMILES string of the molecule is O=[N+]([O-])c1c(Cl)cccc1Oc1cncc(Cl)c1. The number of aromatic nitrogens is 1. The standard InChI is InChI=1S/C11H6Cl2N2O3/c12-7-4-8(6-14-5-7)18-10-3-1-2-9(13)11(10)15(16)17/h1-6H. The van der Waals surface area contributed by atoms with Gasteiger partial charge in [-0.15, -0.1) is 0 Å². The van der Waals surface area contributed by atoms with E-state index in [0.29, 0.717) is 10.8 Å². The van der Waals surface area contributed by atoms with Gasteiger partial charge in [-0.3, -0.25) is 15.1 Å². The smallest absolute Gasteiger partial charge is 0.329 e. The summed E-state index contributed by atoms with van der Waals surface area (Å²) in [5.74, 6) is 0.337. The van der Waals surface area contributed by atoms with E-state index in [-0.39, 0.29) is 16.5 Å². The first-order valence-corrected chi connectivity index (χ1v) is 5.55. The Morgan fingerprint density at radius 3 is 2.72 bits per heavy atom. The van der Waals surface area contributed by atoms with E-state index in [9.17, 15) is 10.1 Å². The average Bonchev–Trinajstić information content (AvgIpc) is 2.28. The third-order valence-corrected chi connectivity index (χ3v) is 2.55. The van der Waals surface area contributed by atoms with Crippen LogP contribution >= 0.6 is 23.2 Å². The highest BCUT2D eigenvalue weighted by Gasteiger charge is 2.20. The molecule has 1 aromatic heterocycles. The van der Waals surface area contributed by atoms with Crippen LogP contribution in [0.5, 0.6) is 11.5 Å². The first-order chi connectivity index (χ1) is 8.58. The van der Waals surface area contributed by atoms with Gasteiger partial charge >= 0.3 is 5.69 Å². The topological polar surface area (TPSA) is 65.3 Å². The van der Waals surface area contributed by atoms with Crippen molar-refractivity contribution in [3.63, 3.8) is 0 Å². The number of ether oxygens (including phenoxy) is 1. The van der Waals surface area contributed by atoms with E-state index in [1.807, 2.05) is 0 Å². The van der Waals surface area contributed by atoms with E-state index >= 15 is 0 Å². The van der Waals surface area contributed by atoms with Gasteiger partial charge in [0, 0.05) is 12.3 Å². The zero-order valence-electron chi connectivity index (χ0n) is 8.84. The molecule has 0 aliphatic rings. The molecule has 2 rings (SSSR count). The van der Waals surface area contributed by atoms with Crippen LogP contribution in [0.3, 0.4) is 0 Å². The first-order valence-electron chi connectivity index (χ1n) is 4.79. The van der Waals surface area contributed by atoms with E-state index in [1.54, 1.807) is 6.07 Å². The summed E-state index contributed by atoms with van der Waals surface area (Å²) < 4.78 is 5.36. The van der Waals surface area contributed by atoms with Gasteiger partial charge in [-0.1, -0.05) is 29.3 Å². The van der Waals surface area contributed by atoms with Crippen LogP contribution in [-0.4, -0.2) is 9.91 Å². The van der Waals surface area contributed by atoms with Crippen LogP contribution < -0.4 is 4.74 Å². The number of rotatable bonds is 3. The van der Waals surface area contributed by atoms with Crippen LogP contribution in [0.1, 0.15) is 0 Å². The minimum Gasteiger partial charge on any atom is -0.448 e. The largest absolute Gasteiger partial charge is 0.448 e. The maximum absolute atomic E-state index is 10.9. The second-order valence-electron chi connectivity index (χ2n) is 3.28. The second-order valence-corrected chi connectivity index (χ2v) is 4.13. The molecule has 0 fully saturated rings. The van der Waals surface area contributed by atoms with Crippen LogP contribution in [0.15, 0.2) is 36.7 Å². The molecule has 0 bridgehead atoms. The number of hydrogen-bond donors (Lipinski definition) is 0. The fourth-order valence-electron chi connectivity index (χ4n) is 1.33. The number of nitro benzene ring substituents is 1. The fraction of sp³-hybridized carbons (Fsp3) is 0. The van der Waals surface area contributed by atoms with Gasteiger partial charge in [-0.25, -0.2) is 0 Å². The van der Waals surface area contributed by atoms with Crippen LogP contribution in [-0.2, 0) is 0 Å². The van der Waals surface area contributed by atoms with Crippen molar-refractivity contribution in [2.75, 3.05) is 0 Å². The van der Waals surface area contributed by atoms with Crippen molar-refractivity contribution in [1.82, 2.24) is 4.98 Å². The first kappa shape index (κ1) is 12.6. The quantitative estimate of drug-likeness (QED) is 0.629. The Morgan fingerprint density at radius 1 is 1.28 bits per heavy atom. The van der Waals surface area contributed by atoms with Gasteiger partial charge in [-0.2, -0.15) is 0 Å². The van der Waals surface area contributed by atoms with Gasteiger partial charge in [0.1, 0.15) is 10.8 Å². The van der Waals surface area contributed by atoms with Crippen molar-refractivity contribution < 1.29 is 9.66 Å².